The lowest BCUT2D eigenvalue weighted by atomic mass is 10.1. The van der Waals surface area contributed by atoms with Crippen LogP contribution in [0.4, 0.5) is 5.69 Å². The molecule has 118 valence electrons. The van der Waals surface area contributed by atoms with Crippen LogP contribution in [0.2, 0.25) is 0 Å². The second-order valence-corrected chi connectivity index (χ2v) is 5.42. The van der Waals surface area contributed by atoms with Crippen molar-refractivity contribution in [1.29, 1.82) is 0 Å². The number of benzene rings is 1. The molecule has 0 aliphatic rings. The van der Waals surface area contributed by atoms with Crippen molar-refractivity contribution in [2.45, 2.75) is 58.6 Å². The minimum absolute atomic E-state index is 0.105. The van der Waals surface area contributed by atoms with E-state index in [1.807, 2.05) is 31.2 Å². The van der Waals surface area contributed by atoms with Crippen molar-refractivity contribution in [3.63, 3.8) is 0 Å². The van der Waals surface area contributed by atoms with Crippen LogP contribution in [0.3, 0.4) is 0 Å². The third kappa shape index (κ3) is 7.83. The van der Waals surface area contributed by atoms with Crippen molar-refractivity contribution in [3.8, 4) is 0 Å². The summed E-state index contributed by atoms with van der Waals surface area (Å²) in [6, 6.07) is 7.53. The van der Waals surface area contributed by atoms with Crippen LogP contribution in [-0.4, -0.2) is 18.6 Å². The topological polar surface area (TPSA) is 64.3 Å². The molecule has 1 aromatic rings. The number of carbonyl (C=O) groups is 1. The first-order valence-corrected chi connectivity index (χ1v) is 7.86. The standard InChI is InChI=1S/C17H28N2O2/c1-3-4-5-6-7-14(2)21-13-17(20)19-16-10-8-15(12-18)9-11-16/h8-11,14H,3-7,12-13,18H2,1-2H3,(H,19,20). The number of unbranched alkanes of at least 4 members (excludes halogenated alkanes) is 3. The van der Waals surface area contributed by atoms with E-state index in [9.17, 15) is 4.79 Å². The number of hydrogen-bond acceptors (Lipinski definition) is 3. The van der Waals surface area contributed by atoms with Gasteiger partial charge in [-0.2, -0.15) is 0 Å². The van der Waals surface area contributed by atoms with Gasteiger partial charge in [0.2, 0.25) is 5.91 Å². The molecule has 1 unspecified atom stereocenters. The smallest absolute Gasteiger partial charge is 0.250 e. The molecule has 1 rings (SSSR count). The Kier molecular flexibility index (Phi) is 8.71. The average molecular weight is 292 g/mol. The molecule has 0 saturated heterocycles. The maximum Gasteiger partial charge on any atom is 0.250 e. The summed E-state index contributed by atoms with van der Waals surface area (Å²) < 4.78 is 5.57. The van der Waals surface area contributed by atoms with Gasteiger partial charge >= 0.3 is 0 Å². The lowest BCUT2D eigenvalue weighted by Crippen LogP contribution is -2.21. The van der Waals surface area contributed by atoms with Gasteiger partial charge < -0.3 is 15.8 Å². The Morgan fingerprint density at radius 3 is 2.57 bits per heavy atom. The van der Waals surface area contributed by atoms with Gasteiger partial charge in [0.05, 0.1) is 6.10 Å². The number of ether oxygens (including phenoxy) is 1. The molecule has 1 aromatic carbocycles. The third-order valence-electron chi connectivity index (χ3n) is 3.44. The highest BCUT2D eigenvalue weighted by atomic mass is 16.5. The Balaban J connectivity index is 2.20. The van der Waals surface area contributed by atoms with Crippen molar-refractivity contribution in [3.05, 3.63) is 29.8 Å². The van der Waals surface area contributed by atoms with Crippen LogP contribution in [0.15, 0.2) is 24.3 Å². The van der Waals surface area contributed by atoms with Gasteiger partial charge in [0.25, 0.3) is 0 Å². The van der Waals surface area contributed by atoms with Crippen molar-refractivity contribution in [2.75, 3.05) is 11.9 Å². The predicted octanol–water partition coefficient (Wildman–Crippen LogP) is 3.46. The van der Waals surface area contributed by atoms with Gasteiger partial charge in [-0.25, -0.2) is 0 Å². The van der Waals surface area contributed by atoms with Crippen LogP contribution in [0.5, 0.6) is 0 Å². The molecule has 1 atom stereocenters. The highest BCUT2D eigenvalue weighted by Crippen LogP contribution is 2.10. The molecule has 0 saturated carbocycles. The van der Waals surface area contributed by atoms with Crippen LogP contribution in [-0.2, 0) is 16.1 Å². The van der Waals surface area contributed by atoms with Crippen LogP contribution in [0.25, 0.3) is 0 Å². The largest absolute Gasteiger partial charge is 0.369 e. The van der Waals surface area contributed by atoms with Crippen LogP contribution in [0.1, 0.15) is 51.5 Å². The quantitative estimate of drug-likeness (QED) is 0.649. The van der Waals surface area contributed by atoms with E-state index in [0.29, 0.717) is 6.54 Å². The maximum atomic E-state index is 11.8. The molecule has 0 fully saturated rings. The fraction of sp³-hybridized carbons (Fsp3) is 0.588. The molecule has 1 amide bonds. The van der Waals surface area contributed by atoms with Gasteiger partial charge in [0.15, 0.2) is 0 Å². The van der Waals surface area contributed by atoms with Gasteiger partial charge in [-0.15, -0.1) is 0 Å². The predicted molar refractivity (Wildman–Crippen MR) is 87.1 cm³/mol. The van der Waals surface area contributed by atoms with Crippen LogP contribution in [0, 0.1) is 0 Å². The molecule has 0 aliphatic heterocycles. The second kappa shape index (κ2) is 10.4. The molecule has 0 aliphatic carbocycles. The zero-order valence-corrected chi connectivity index (χ0v) is 13.2. The summed E-state index contributed by atoms with van der Waals surface area (Å²) in [4.78, 5) is 11.8. The maximum absolute atomic E-state index is 11.8. The molecule has 4 nitrogen and oxygen atoms in total. The van der Waals surface area contributed by atoms with Crippen LogP contribution < -0.4 is 11.1 Å². The molecule has 4 heteroatoms. The number of nitrogens with one attached hydrogen (secondary N) is 1. The molecule has 0 spiro atoms. The monoisotopic (exact) mass is 292 g/mol. The van der Waals surface area contributed by atoms with E-state index < -0.39 is 0 Å². The SMILES string of the molecule is CCCCCCC(C)OCC(=O)Nc1ccc(CN)cc1. The third-order valence-corrected chi connectivity index (χ3v) is 3.44. The molecule has 0 bridgehead atoms. The van der Waals surface area contributed by atoms with E-state index >= 15 is 0 Å². The Morgan fingerprint density at radius 1 is 1.24 bits per heavy atom. The van der Waals surface area contributed by atoms with Gasteiger partial charge in [-0.05, 0) is 31.0 Å². The van der Waals surface area contributed by atoms with E-state index in [4.69, 9.17) is 10.5 Å². The lowest BCUT2D eigenvalue weighted by molar-refractivity contribution is -0.122. The number of rotatable bonds is 10. The zero-order chi connectivity index (χ0) is 15.5. The second-order valence-electron chi connectivity index (χ2n) is 5.42. The van der Waals surface area contributed by atoms with E-state index in [-0.39, 0.29) is 18.6 Å². The fourth-order valence-corrected chi connectivity index (χ4v) is 2.08. The molecular weight excluding hydrogens is 264 g/mol. The van der Waals surface area contributed by atoms with E-state index in [1.54, 1.807) is 0 Å². The van der Waals surface area contributed by atoms with Gasteiger partial charge in [0.1, 0.15) is 6.61 Å². The summed E-state index contributed by atoms with van der Waals surface area (Å²) in [7, 11) is 0. The minimum Gasteiger partial charge on any atom is -0.369 e. The van der Waals surface area contributed by atoms with E-state index in [0.717, 1.165) is 24.1 Å². The normalized spacial score (nSPS) is 12.1. The van der Waals surface area contributed by atoms with Gasteiger partial charge in [-0.1, -0.05) is 44.7 Å². The summed E-state index contributed by atoms with van der Waals surface area (Å²) in [5.74, 6) is -0.115. The Morgan fingerprint density at radius 2 is 1.95 bits per heavy atom. The Hall–Kier alpha value is -1.39. The number of nitrogens with two attached hydrogens (primary N) is 1. The first-order chi connectivity index (χ1) is 10.2. The summed E-state index contributed by atoms with van der Waals surface area (Å²) in [6.07, 6.45) is 6.05. The molecule has 3 N–H and O–H groups in total. The van der Waals surface area contributed by atoms with Gasteiger partial charge in [-0.3, -0.25) is 4.79 Å². The molecule has 21 heavy (non-hydrogen) atoms. The summed E-state index contributed by atoms with van der Waals surface area (Å²) in [5.41, 5.74) is 7.35. The molecule has 0 aromatic heterocycles. The van der Waals surface area contributed by atoms with Crippen molar-refractivity contribution in [1.82, 2.24) is 0 Å². The van der Waals surface area contributed by atoms with Crippen molar-refractivity contribution in [2.24, 2.45) is 5.73 Å². The first-order valence-electron chi connectivity index (χ1n) is 7.86. The number of hydrogen-bond donors (Lipinski definition) is 2. The molecule has 0 heterocycles. The van der Waals surface area contributed by atoms with E-state index in [2.05, 4.69) is 12.2 Å². The summed E-state index contributed by atoms with van der Waals surface area (Å²) >= 11 is 0. The lowest BCUT2D eigenvalue weighted by Gasteiger charge is -2.13. The van der Waals surface area contributed by atoms with Crippen LogP contribution >= 0.6 is 0 Å². The number of carbonyl (C=O) groups excluding carboxylic acids is 1. The highest BCUT2D eigenvalue weighted by Gasteiger charge is 2.07. The van der Waals surface area contributed by atoms with Crippen molar-refractivity contribution < 1.29 is 9.53 Å². The average Bonchev–Trinajstić information content (AvgIpc) is 2.50. The number of amides is 1. The van der Waals surface area contributed by atoms with Gasteiger partial charge in [0, 0.05) is 12.2 Å². The zero-order valence-electron chi connectivity index (χ0n) is 13.2. The molecule has 0 radical (unpaired) electrons. The fourth-order valence-electron chi connectivity index (χ4n) is 2.08. The van der Waals surface area contributed by atoms with E-state index in [1.165, 1.54) is 19.3 Å². The number of anilines is 1. The van der Waals surface area contributed by atoms with Crippen molar-refractivity contribution >= 4 is 11.6 Å². The Labute approximate surface area is 128 Å². The highest BCUT2D eigenvalue weighted by molar-refractivity contribution is 5.91. The Bertz CT molecular complexity index is 404. The first kappa shape index (κ1) is 17.7. The summed E-state index contributed by atoms with van der Waals surface area (Å²) in [6.45, 7) is 4.83. The minimum atomic E-state index is -0.115. The molecular formula is C17H28N2O2. The summed E-state index contributed by atoms with van der Waals surface area (Å²) in [5, 5.41) is 2.82.